The highest BCUT2D eigenvalue weighted by Gasteiger charge is 1.67. The molecule has 3 heteroatoms. The SMILES string of the molecule is CS/C=S(/C)O. The summed E-state index contributed by atoms with van der Waals surface area (Å²) >= 11 is 1.55. The minimum absolute atomic E-state index is 0.478. The Morgan fingerprint density at radius 3 is 2.33 bits per heavy atom. The van der Waals surface area contributed by atoms with E-state index in [9.17, 15) is 0 Å². The predicted octanol–water partition coefficient (Wildman–Crippen LogP) is 1.48. The highest BCUT2D eigenvalue weighted by Crippen LogP contribution is 1.99. The highest BCUT2D eigenvalue weighted by molar-refractivity contribution is 8.29. The summed E-state index contributed by atoms with van der Waals surface area (Å²) < 4.78 is 10.3. The van der Waals surface area contributed by atoms with E-state index in [0.29, 0.717) is 0 Å². The molecule has 1 unspecified atom stereocenters. The summed E-state index contributed by atoms with van der Waals surface area (Å²) in [6.45, 7) is 0. The van der Waals surface area contributed by atoms with Crippen molar-refractivity contribution >= 4 is 27.2 Å². The summed E-state index contributed by atoms with van der Waals surface area (Å²) in [5.41, 5.74) is 0. The normalized spacial score (nSPS) is 15.2. The standard InChI is InChI=1S/C3H8OS2/c1-5-3-6(2)4/h3-4H,1-2H3. The van der Waals surface area contributed by atoms with Crippen LogP contribution in [0.5, 0.6) is 0 Å². The molecule has 1 atom stereocenters. The zero-order chi connectivity index (χ0) is 4.99. The van der Waals surface area contributed by atoms with E-state index >= 15 is 0 Å². The van der Waals surface area contributed by atoms with Crippen LogP contribution < -0.4 is 0 Å². The van der Waals surface area contributed by atoms with Gasteiger partial charge in [0.05, 0.1) is 0 Å². The van der Waals surface area contributed by atoms with Crippen LogP contribution in [0, 0.1) is 0 Å². The van der Waals surface area contributed by atoms with Crippen molar-refractivity contribution < 1.29 is 4.55 Å². The van der Waals surface area contributed by atoms with E-state index in [1.165, 1.54) is 0 Å². The lowest BCUT2D eigenvalue weighted by molar-refractivity contribution is 0.666. The molecule has 0 aliphatic carbocycles. The molecule has 0 spiro atoms. The number of hydrogen-bond acceptors (Lipinski definition) is 2. The fourth-order valence-corrected chi connectivity index (χ4v) is 1.25. The first-order valence-electron chi connectivity index (χ1n) is 1.47. The second-order valence-electron chi connectivity index (χ2n) is 0.856. The first-order chi connectivity index (χ1) is 2.77. The first-order valence-corrected chi connectivity index (χ1v) is 4.41. The maximum absolute atomic E-state index is 8.50. The van der Waals surface area contributed by atoms with Crippen LogP contribution in [0.3, 0.4) is 0 Å². The summed E-state index contributed by atoms with van der Waals surface area (Å²) in [7, 11) is -0.478. The van der Waals surface area contributed by atoms with E-state index in [0.717, 1.165) is 0 Å². The van der Waals surface area contributed by atoms with Gasteiger partial charge in [0.1, 0.15) is 0 Å². The molecule has 0 heterocycles. The van der Waals surface area contributed by atoms with Crippen LogP contribution in [0.1, 0.15) is 0 Å². The topological polar surface area (TPSA) is 20.2 Å². The zero-order valence-electron chi connectivity index (χ0n) is 3.84. The Labute approximate surface area is 44.9 Å². The molecule has 1 nitrogen and oxygen atoms in total. The van der Waals surface area contributed by atoms with Crippen LogP contribution in [0.15, 0.2) is 0 Å². The Hall–Kier alpha value is 0.530. The molecular weight excluding hydrogens is 116 g/mol. The van der Waals surface area contributed by atoms with Crippen molar-refractivity contribution in [1.82, 2.24) is 0 Å². The molecule has 0 bridgehead atoms. The third-order valence-corrected chi connectivity index (χ3v) is 2.12. The van der Waals surface area contributed by atoms with Gasteiger partial charge in [0.25, 0.3) is 0 Å². The van der Waals surface area contributed by atoms with Gasteiger partial charge in [-0.2, -0.15) is 0 Å². The second-order valence-corrected chi connectivity index (χ2v) is 3.14. The fraction of sp³-hybridized carbons (Fsp3) is 0.667. The van der Waals surface area contributed by atoms with Gasteiger partial charge < -0.3 is 4.55 Å². The van der Waals surface area contributed by atoms with Gasteiger partial charge in [0.15, 0.2) is 0 Å². The summed E-state index contributed by atoms with van der Waals surface area (Å²) in [5, 5.41) is 0. The molecule has 6 heavy (non-hydrogen) atoms. The number of thioether (sulfide) groups is 1. The van der Waals surface area contributed by atoms with Crippen molar-refractivity contribution in [3.8, 4) is 0 Å². The van der Waals surface area contributed by atoms with E-state index in [-0.39, 0.29) is 0 Å². The largest absolute Gasteiger partial charge is 0.337 e. The van der Waals surface area contributed by atoms with Crippen molar-refractivity contribution in [2.45, 2.75) is 0 Å². The van der Waals surface area contributed by atoms with E-state index in [4.69, 9.17) is 4.55 Å². The van der Waals surface area contributed by atoms with Crippen molar-refractivity contribution in [3.63, 3.8) is 0 Å². The zero-order valence-corrected chi connectivity index (χ0v) is 5.47. The van der Waals surface area contributed by atoms with E-state index in [1.54, 1.807) is 22.7 Å². The lowest BCUT2D eigenvalue weighted by Gasteiger charge is -1.81. The Bertz CT molecular complexity index is 55.8. The molecular formula is C3H8OS2. The summed E-state index contributed by atoms with van der Waals surface area (Å²) in [6.07, 6.45) is 3.69. The molecule has 0 rings (SSSR count). The van der Waals surface area contributed by atoms with E-state index in [1.807, 2.05) is 6.26 Å². The van der Waals surface area contributed by atoms with Gasteiger partial charge in [0, 0.05) is 11.0 Å². The molecule has 0 radical (unpaired) electrons. The van der Waals surface area contributed by atoms with Gasteiger partial charge in [-0.25, -0.2) is 0 Å². The summed E-state index contributed by atoms with van der Waals surface area (Å²) in [6, 6.07) is 0. The third-order valence-electron chi connectivity index (χ3n) is 0.235. The van der Waals surface area contributed by atoms with E-state index < -0.39 is 10.8 Å². The van der Waals surface area contributed by atoms with Gasteiger partial charge in [-0.1, -0.05) is 10.8 Å². The number of rotatable bonds is 1. The van der Waals surface area contributed by atoms with Gasteiger partial charge >= 0.3 is 0 Å². The van der Waals surface area contributed by atoms with Crippen molar-refractivity contribution in [2.24, 2.45) is 0 Å². The monoisotopic (exact) mass is 124 g/mol. The molecule has 0 fully saturated rings. The fourth-order valence-electron chi connectivity index (χ4n) is 0.139. The number of hydrogen-bond donors (Lipinski definition) is 1. The molecule has 1 N–H and O–H groups in total. The molecule has 0 aromatic heterocycles. The minimum atomic E-state index is -0.478. The van der Waals surface area contributed by atoms with Crippen LogP contribution >= 0.6 is 22.5 Å². The van der Waals surface area contributed by atoms with Gasteiger partial charge in [-0.15, -0.1) is 11.8 Å². The molecule has 38 valence electrons. The van der Waals surface area contributed by atoms with Gasteiger partial charge in [0.2, 0.25) is 0 Å². The highest BCUT2D eigenvalue weighted by atomic mass is 32.2. The molecule has 0 aromatic rings. The average Bonchev–Trinajstić information content (AvgIpc) is 1.35. The molecule has 0 aromatic carbocycles. The van der Waals surface area contributed by atoms with Crippen LogP contribution in [0.4, 0.5) is 0 Å². The molecule has 0 amide bonds. The molecule has 0 saturated carbocycles. The predicted molar refractivity (Wildman–Crippen MR) is 35.7 cm³/mol. The maximum Gasteiger partial charge on any atom is 0.0187 e. The minimum Gasteiger partial charge on any atom is -0.337 e. The average molecular weight is 124 g/mol. The molecule has 0 aliphatic rings. The molecule has 0 aliphatic heterocycles. The molecule has 0 saturated heterocycles. The van der Waals surface area contributed by atoms with Crippen molar-refractivity contribution in [3.05, 3.63) is 0 Å². The Morgan fingerprint density at radius 2 is 2.33 bits per heavy atom. The Morgan fingerprint density at radius 1 is 1.83 bits per heavy atom. The van der Waals surface area contributed by atoms with Crippen LogP contribution in [-0.2, 0) is 0 Å². The Kier molecular flexibility index (Phi) is 4.04. The lowest BCUT2D eigenvalue weighted by Crippen LogP contribution is -1.59. The Balaban J connectivity index is 3.14. The van der Waals surface area contributed by atoms with Crippen LogP contribution in [0.25, 0.3) is 0 Å². The van der Waals surface area contributed by atoms with Crippen molar-refractivity contribution in [1.29, 1.82) is 0 Å². The second kappa shape index (κ2) is 3.71. The lowest BCUT2D eigenvalue weighted by atomic mass is 11.9. The summed E-state index contributed by atoms with van der Waals surface area (Å²) in [4.78, 5) is 0. The van der Waals surface area contributed by atoms with Gasteiger partial charge in [-0.3, -0.25) is 0 Å². The third kappa shape index (κ3) is 4.53. The van der Waals surface area contributed by atoms with Gasteiger partial charge in [-0.05, 0) is 6.26 Å². The van der Waals surface area contributed by atoms with E-state index in [2.05, 4.69) is 0 Å². The summed E-state index contributed by atoms with van der Waals surface area (Å²) in [5.74, 6) is 0. The maximum atomic E-state index is 8.50. The first kappa shape index (κ1) is 6.53. The smallest absolute Gasteiger partial charge is 0.0187 e. The quantitative estimate of drug-likeness (QED) is 0.534. The van der Waals surface area contributed by atoms with Crippen molar-refractivity contribution in [2.75, 3.05) is 12.5 Å². The van der Waals surface area contributed by atoms with Crippen LogP contribution in [-0.4, -0.2) is 21.8 Å². The van der Waals surface area contributed by atoms with Crippen LogP contribution in [0.2, 0.25) is 0 Å².